The van der Waals surface area contributed by atoms with Crippen LogP contribution in [0.15, 0.2) is 12.1 Å². The maximum atomic E-state index is 12.8. The first-order valence-electron chi connectivity index (χ1n) is 11.3. The molecular formula is C23H31N3O5. The van der Waals surface area contributed by atoms with Gasteiger partial charge in [-0.25, -0.2) is 0 Å². The molecule has 3 heterocycles. The number of hydrogen-bond donors (Lipinski definition) is 1. The molecule has 2 amide bonds. The highest BCUT2D eigenvalue weighted by Crippen LogP contribution is 2.37. The van der Waals surface area contributed by atoms with E-state index in [2.05, 4.69) is 10.2 Å². The molecule has 1 aromatic carbocycles. The molecule has 0 aliphatic carbocycles. The van der Waals surface area contributed by atoms with Crippen LogP contribution in [0.5, 0.6) is 11.5 Å². The second-order valence-corrected chi connectivity index (χ2v) is 8.65. The van der Waals surface area contributed by atoms with Gasteiger partial charge in [0, 0.05) is 30.6 Å². The zero-order valence-corrected chi connectivity index (χ0v) is 18.2. The fraction of sp³-hybridized carbons (Fsp3) is 0.609. The number of benzene rings is 1. The Bertz CT molecular complexity index is 840. The third-order valence-corrected chi connectivity index (χ3v) is 6.39. The number of ether oxygens (including phenoxy) is 2. The molecule has 168 valence electrons. The Morgan fingerprint density at radius 2 is 1.61 bits per heavy atom. The maximum absolute atomic E-state index is 12.8. The lowest BCUT2D eigenvalue weighted by Crippen LogP contribution is -2.44. The van der Waals surface area contributed by atoms with E-state index in [9.17, 15) is 14.4 Å². The average Bonchev–Trinajstić information content (AvgIpc) is 3.03. The second-order valence-electron chi connectivity index (χ2n) is 8.65. The van der Waals surface area contributed by atoms with E-state index in [1.807, 2.05) is 4.90 Å². The van der Waals surface area contributed by atoms with Crippen molar-refractivity contribution >= 4 is 23.3 Å². The molecule has 31 heavy (non-hydrogen) atoms. The van der Waals surface area contributed by atoms with Crippen molar-refractivity contribution in [1.82, 2.24) is 9.80 Å². The number of anilines is 1. The van der Waals surface area contributed by atoms with Gasteiger partial charge >= 0.3 is 0 Å². The van der Waals surface area contributed by atoms with E-state index in [0.717, 1.165) is 51.9 Å². The summed E-state index contributed by atoms with van der Waals surface area (Å²) >= 11 is 0. The summed E-state index contributed by atoms with van der Waals surface area (Å²) in [6, 6.07) is 3.25. The van der Waals surface area contributed by atoms with Crippen LogP contribution >= 0.6 is 0 Å². The van der Waals surface area contributed by atoms with Crippen molar-refractivity contribution in [1.29, 1.82) is 0 Å². The number of rotatable bonds is 5. The molecule has 2 saturated heterocycles. The van der Waals surface area contributed by atoms with Crippen LogP contribution in [0.4, 0.5) is 5.69 Å². The molecular weight excluding hydrogens is 398 g/mol. The first kappa shape index (κ1) is 21.6. The minimum absolute atomic E-state index is 0.0654. The van der Waals surface area contributed by atoms with E-state index in [1.165, 1.54) is 19.8 Å². The SMILES string of the molecule is CC(=O)c1cc2c(cc1NC(=O)CN1CCC(C(=O)N3CCCCCC3)CC1)OCO2. The molecule has 1 aromatic rings. The van der Waals surface area contributed by atoms with Gasteiger partial charge in [-0.05, 0) is 51.8 Å². The first-order valence-corrected chi connectivity index (χ1v) is 11.3. The van der Waals surface area contributed by atoms with Gasteiger partial charge in [0.2, 0.25) is 18.6 Å². The summed E-state index contributed by atoms with van der Waals surface area (Å²) in [6.07, 6.45) is 6.20. The third kappa shape index (κ3) is 5.18. The normalized spacial score (nSPS) is 19.7. The summed E-state index contributed by atoms with van der Waals surface area (Å²) in [7, 11) is 0. The molecule has 3 aliphatic heterocycles. The van der Waals surface area contributed by atoms with Crippen LogP contribution in [0.2, 0.25) is 0 Å². The van der Waals surface area contributed by atoms with Gasteiger partial charge in [0.15, 0.2) is 17.3 Å². The Morgan fingerprint density at radius 1 is 0.968 bits per heavy atom. The molecule has 4 rings (SSSR count). The molecule has 8 nitrogen and oxygen atoms in total. The van der Waals surface area contributed by atoms with E-state index < -0.39 is 0 Å². The summed E-state index contributed by atoms with van der Waals surface area (Å²) in [6.45, 7) is 5.01. The Kier molecular flexibility index (Phi) is 6.75. The standard InChI is InChI=1S/C23H31N3O5/c1-16(27)18-12-20-21(31-15-30-20)13-19(18)24-22(28)14-25-10-6-17(7-11-25)23(29)26-8-4-2-3-5-9-26/h12-13,17H,2-11,14-15H2,1H3,(H,24,28). The Labute approximate surface area is 182 Å². The summed E-state index contributed by atoms with van der Waals surface area (Å²) in [5, 5.41) is 2.85. The highest BCUT2D eigenvalue weighted by molar-refractivity contribution is 6.05. The van der Waals surface area contributed by atoms with Gasteiger partial charge in [-0.1, -0.05) is 12.8 Å². The fourth-order valence-electron chi connectivity index (χ4n) is 4.62. The Balaban J connectivity index is 1.30. The molecule has 0 atom stereocenters. The number of likely N-dealkylation sites (tertiary alicyclic amines) is 2. The Morgan fingerprint density at radius 3 is 2.26 bits per heavy atom. The second kappa shape index (κ2) is 9.68. The highest BCUT2D eigenvalue weighted by atomic mass is 16.7. The highest BCUT2D eigenvalue weighted by Gasteiger charge is 2.29. The number of fused-ring (bicyclic) bond motifs is 1. The number of Topliss-reactive ketones (excluding diaryl/α,β-unsaturated/α-hetero) is 1. The molecule has 0 spiro atoms. The molecule has 3 aliphatic rings. The van der Waals surface area contributed by atoms with E-state index in [-0.39, 0.29) is 36.9 Å². The predicted molar refractivity (Wildman–Crippen MR) is 115 cm³/mol. The van der Waals surface area contributed by atoms with Gasteiger partial charge in [0.25, 0.3) is 0 Å². The van der Waals surface area contributed by atoms with Gasteiger partial charge < -0.3 is 19.7 Å². The van der Waals surface area contributed by atoms with E-state index in [0.29, 0.717) is 22.7 Å². The number of piperidine rings is 1. The number of carbonyl (C=O) groups is 3. The van der Waals surface area contributed by atoms with Gasteiger partial charge in [0.05, 0.1) is 12.2 Å². The summed E-state index contributed by atoms with van der Waals surface area (Å²) in [5.41, 5.74) is 0.840. The third-order valence-electron chi connectivity index (χ3n) is 6.39. The maximum Gasteiger partial charge on any atom is 0.238 e. The van der Waals surface area contributed by atoms with Crippen molar-refractivity contribution in [3.05, 3.63) is 17.7 Å². The fourth-order valence-corrected chi connectivity index (χ4v) is 4.62. The van der Waals surface area contributed by atoms with Crippen molar-refractivity contribution < 1.29 is 23.9 Å². The first-order chi connectivity index (χ1) is 15.0. The monoisotopic (exact) mass is 429 g/mol. The van der Waals surface area contributed by atoms with Gasteiger partial charge in [-0.15, -0.1) is 0 Å². The van der Waals surface area contributed by atoms with E-state index in [1.54, 1.807) is 12.1 Å². The van der Waals surface area contributed by atoms with Crippen LogP contribution in [0.3, 0.4) is 0 Å². The lowest BCUT2D eigenvalue weighted by atomic mass is 9.95. The van der Waals surface area contributed by atoms with Crippen LogP contribution in [-0.4, -0.2) is 66.9 Å². The Hall–Kier alpha value is -2.61. The van der Waals surface area contributed by atoms with Crippen LogP contribution in [-0.2, 0) is 9.59 Å². The van der Waals surface area contributed by atoms with Crippen molar-refractivity contribution in [3.8, 4) is 11.5 Å². The number of ketones is 1. The lowest BCUT2D eigenvalue weighted by Gasteiger charge is -2.33. The molecule has 0 unspecified atom stereocenters. The molecule has 0 aromatic heterocycles. The minimum Gasteiger partial charge on any atom is -0.454 e. The summed E-state index contributed by atoms with van der Waals surface area (Å²) in [4.78, 5) is 41.6. The number of nitrogens with zero attached hydrogens (tertiary/aromatic N) is 2. The molecule has 0 radical (unpaired) electrons. The van der Waals surface area contributed by atoms with Crippen LogP contribution in [0.1, 0.15) is 55.8 Å². The van der Waals surface area contributed by atoms with Gasteiger partial charge in [-0.3, -0.25) is 19.3 Å². The lowest BCUT2D eigenvalue weighted by molar-refractivity contribution is -0.137. The van der Waals surface area contributed by atoms with Crippen LogP contribution in [0, 0.1) is 5.92 Å². The number of nitrogens with one attached hydrogen (secondary N) is 1. The van der Waals surface area contributed by atoms with E-state index in [4.69, 9.17) is 9.47 Å². The number of hydrogen-bond acceptors (Lipinski definition) is 6. The molecule has 8 heteroatoms. The molecule has 2 fully saturated rings. The van der Waals surface area contributed by atoms with Crippen molar-refractivity contribution in [3.63, 3.8) is 0 Å². The van der Waals surface area contributed by atoms with Crippen LogP contribution < -0.4 is 14.8 Å². The van der Waals surface area contributed by atoms with Crippen molar-refractivity contribution in [2.75, 3.05) is 44.8 Å². The minimum atomic E-state index is -0.182. The zero-order valence-electron chi connectivity index (χ0n) is 18.2. The summed E-state index contributed by atoms with van der Waals surface area (Å²) < 4.78 is 10.7. The zero-order chi connectivity index (χ0) is 21.8. The molecule has 0 saturated carbocycles. The van der Waals surface area contributed by atoms with E-state index >= 15 is 0 Å². The largest absolute Gasteiger partial charge is 0.454 e. The predicted octanol–water partition coefficient (Wildman–Crippen LogP) is 2.67. The average molecular weight is 430 g/mol. The van der Waals surface area contributed by atoms with Crippen LogP contribution in [0.25, 0.3) is 0 Å². The molecule has 1 N–H and O–H groups in total. The molecule has 0 bridgehead atoms. The van der Waals surface area contributed by atoms with Gasteiger partial charge in [-0.2, -0.15) is 0 Å². The quantitative estimate of drug-likeness (QED) is 0.724. The van der Waals surface area contributed by atoms with Crippen molar-refractivity contribution in [2.45, 2.75) is 45.4 Å². The number of carbonyl (C=O) groups excluding carboxylic acids is 3. The smallest absolute Gasteiger partial charge is 0.238 e. The number of amides is 2. The summed E-state index contributed by atoms with van der Waals surface area (Å²) in [5.74, 6) is 1.06. The topological polar surface area (TPSA) is 88.2 Å². The van der Waals surface area contributed by atoms with Crippen molar-refractivity contribution in [2.24, 2.45) is 5.92 Å². The van der Waals surface area contributed by atoms with Gasteiger partial charge in [0.1, 0.15) is 0 Å².